The van der Waals surface area contributed by atoms with E-state index in [0.717, 1.165) is 45.7 Å². The first-order valence-corrected chi connectivity index (χ1v) is 7.90. The van der Waals surface area contributed by atoms with Crippen molar-refractivity contribution in [3.63, 3.8) is 0 Å². The summed E-state index contributed by atoms with van der Waals surface area (Å²) >= 11 is 0. The summed E-state index contributed by atoms with van der Waals surface area (Å²) < 4.78 is 0. The first-order valence-electron chi connectivity index (χ1n) is 7.90. The number of hydrogen-bond acceptors (Lipinski definition) is 3. The first-order chi connectivity index (χ1) is 10.2. The average Bonchev–Trinajstić information content (AvgIpc) is 2.54. The Balaban J connectivity index is 1.72. The number of carbonyl (C=O) groups excluding carboxylic acids is 1. The van der Waals surface area contributed by atoms with Gasteiger partial charge in [0.15, 0.2) is 0 Å². The lowest BCUT2D eigenvalue weighted by Gasteiger charge is -2.36. The molecule has 0 aliphatic carbocycles. The first kappa shape index (κ1) is 16.0. The molecule has 1 aromatic rings. The van der Waals surface area contributed by atoms with E-state index in [9.17, 15) is 4.79 Å². The Morgan fingerprint density at radius 1 is 1.19 bits per heavy atom. The van der Waals surface area contributed by atoms with Crippen LogP contribution in [-0.4, -0.2) is 62.0 Å². The van der Waals surface area contributed by atoms with Gasteiger partial charge in [0.05, 0.1) is 0 Å². The van der Waals surface area contributed by atoms with Crippen molar-refractivity contribution in [2.75, 3.05) is 46.3 Å². The number of amides is 1. The highest BCUT2D eigenvalue weighted by Crippen LogP contribution is 2.08. The molecular weight excluding hydrogens is 262 g/mol. The third-order valence-corrected chi connectivity index (χ3v) is 4.18. The van der Waals surface area contributed by atoms with Crippen molar-refractivity contribution in [2.45, 2.75) is 13.3 Å². The minimum absolute atomic E-state index is 0.0749. The molecule has 1 aromatic carbocycles. The van der Waals surface area contributed by atoms with E-state index in [1.807, 2.05) is 18.9 Å². The van der Waals surface area contributed by atoms with Crippen molar-refractivity contribution in [3.05, 3.63) is 35.9 Å². The van der Waals surface area contributed by atoms with Crippen molar-refractivity contribution in [1.29, 1.82) is 0 Å². The molecule has 1 saturated heterocycles. The summed E-state index contributed by atoms with van der Waals surface area (Å²) in [5.74, 6) is 0.359. The zero-order valence-electron chi connectivity index (χ0n) is 13.2. The predicted octanol–water partition coefficient (Wildman–Crippen LogP) is 1.23. The van der Waals surface area contributed by atoms with Gasteiger partial charge in [0.1, 0.15) is 0 Å². The number of piperazine rings is 1. The zero-order chi connectivity index (χ0) is 15.1. The summed E-state index contributed by atoms with van der Waals surface area (Å²) in [5, 5.41) is 3.08. The summed E-state index contributed by atoms with van der Waals surface area (Å²) in [5.41, 5.74) is 1.39. The molecule has 1 heterocycles. The van der Waals surface area contributed by atoms with Crippen LogP contribution in [0.3, 0.4) is 0 Å². The maximum atomic E-state index is 12.2. The molecule has 4 nitrogen and oxygen atoms in total. The SMILES string of the molecule is CNCC(C)C(=O)N1CCN(CCc2ccccc2)CC1. The van der Waals surface area contributed by atoms with Gasteiger partial charge in [0.25, 0.3) is 0 Å². The highest BCUT2D eigenvalue weighted by molar-refractivity contribution is 5.78. The maximum Gasteiger partial charge on any atom is 0.226 e. The maximum absolute atomic E-state index is 12.2. The Labute approximate surface area is 128 Å². The van der Waals surface area contributed by atoms with Gasteiger partial charge in [-0.3, -0.25) is 9.69 Å². The smallest absolute Gasteiger partial charge is 0.226 e. The van der Waals surface area contributed by atoms with Gasteiger partial charge in [0, 0.05) is 45.2 Å². The van der Waals surface area contributed by atoms with Crippen molar-refractivity contribution in [3.8, 4) is 0 Å². The molecule has 2 rings (SSSR count). The number of benzene rings is 1. The van der Waals surface area contributed by atoms with Crippen LogP contribution in [0.25, 0.3) is 0 Å². The fraction of sp³-hybridized carbons (Fsp3) is 0.588. The lowest BCUT2D eigenvalue weighted by Crippen LogP contribution is -2.51. The Hall–Kier alpha value is -1.39. The van der Waals surface area contributed by atoms with Crippen molar-refractivity contribution >= 4 is 5.91 Å². The largest absolute Gasteiger partial charge is 0.340 e. The second kappa shape index (κ2) is 8.15. The van der Waals surface area contributed by atoms with Crippen molar-refractivity contribution < 1.29 is 4.79 Å². The minimum Gasteiger partial charge on any atom is -0.340 e. The van der Waals surface area contributed by atoms with Gasteiger partial charge in [-0.2, -0.15) is 0 Å². The number of hydrogen-bond donors (Lipinski definition) is 1. The van der Waals surface area contributed by atoms with Gasteiger partial charge in [0.2, 0.25) is 5.91 Å². The summed E-state index contributed by atoms with van der Waals surface area (Å²) in [6.45, 7) is 7.55. The summed E-state index contributed by atoms with van der Waals surface area (Å²) in [6, 6.07) is 10.6. The average molecular weight is 289 g/mol. The number of nitrogens with zero attached hydrogens (tertiary/aromatic N) is 2. The zero-order valence-corrected chi connectivity index (χ0v) is 13.2. The molecule has 1 aliphatic rings. The van der Waals surface area contributed by atoms with E-state index in [1.54, 1.807) is 0 Å². The van der Waals surface area contributed by atoms with Crippen LogP contribution in [0.15, 0.2) is 30.3 Å². The predicted molar refractivity (Wildman–Crippen MR) is 86.3 cm³/mol. The quantitative estimate of drug-likeness (QED) is 0.855. The second-order valence-electron chi connectivity index (χ2n) is 5.86. The number of nitrogens with one attached hydrogen (secondary N) is 1. The van der Waals surface area contributed by atoms with E-state index in [1.165, 1.54) is 5.56 Å². The van der Waals surface area contributed by atoms with Crippen LogP contribution in [0.1, 0.15) is 12.5 Å². The third kappa shape index (κ3) is 4.83. The van der Waals surface area contributed by atoms with E-state index in [-0.39, 0.29) is 11.8 Å². The minimum atomic E-state index is 0.0749. The molecule has 0 radical (unpaired) electrons. The van der Waals surface area contributed by atoms with Crippen LogP contribution in [0, 0.1) is 5.92 Å². The molecular formula is C17H27N3O. The normalized spacial score (nSPS) is 17.7. The van der Waals surface area contributed by atoms with Crippen LogP contribution in [-0.2, 0) is 11.2 Å². The third-order valence-electron chi connectivity index (χ3n) is 4.18. The van der Waals surface area contributed by atoms with Gasteiger partial charge < -0.3 is 10.2 Å². The van der Waals surface area contributed by atoms with Gasteiger partial charge in [-0.05, 0) is 19.0 Å². The molecule has 0 spiro atoms. The van der Waals surface area contributed by atoms with Crippen LogP contribution in [0.5, 0.6) is 0 Å². The molecule has 116 valence electrons. The number of carbonyl (C=O) groups is 1. The van der Waals surface area contributed by atoms with E-state index < -0.39 is 0 Å². The summed E-state index contributed by atoms with van der Waals surface area (Å²) in [7, 11) is 1.89. The molecule has 1 amide bonds. The standard InChI is InChI=1S/C17H27N3O/c1-15(14-18-2)17(21)20-12-10-19(11-13-20)9-8-16-6-4-3-5-7-16/h3-7,15,18H,8-14H2,1-2H3. The summed E-state index contributed by atoms with van der Waals surface area (Å²) in [4.78, 5) is 16.7. The number of rotatable bonds is 6. The monoisotopic (exact) mass is 289 g/mol. The van der Waals surface area contributed by atoms with E-state index in [0.29, 0.717) is 0 Å². The van der Waals surface area contributed by atoms with E-state index >= 15 is 0 Å². The molecule has 1 fully saturated rings. The van der Waals surface area contributed by atoms with Crippen molar-refractivity contribution in [2.24, 2.45) is 5.92 Å². The van der Waals surface area contributed by atoms with Crippen LogP contribution < -0.4 is 5.32 Å². The molecule has 0 bridgehead atoms. The Morgan fingerprint density at radius 2 is 1.86 bits per heavy atom. The Morgan fingerprint density at radius 3 is 2.48 bits per heavy atom. The van der Waals surface area contributed by atoms with E-state index in [2.05, 4.69) is 40.5 Å². The molecule has 21 heavy (non-hydrogen) atoms. The van der Waals surface area contributed by atoms with E-state index in [4.69, 9.17) is 0 Å². The highest BCUT2D eigenvalue weighted by atomic mass is 16.2. The lowest BCUT2D eigenvalue weighted by molar-refractivity contribution is -0.136. The molecule has 1 unspecified atom stereocenters. The Bertz CT molecular complexity index is 427. The van der Waals surface area contributed by atoms with Crippen LogP contribution in [0.2, 0.25) is 0 Å². The molecule has 1 N–H and O–H groups in total. The highest BCUT2D eigenvalue weighted by Gasteiger charge is 2.24. The van der Waals surface area contributed by atoms with Crippen LogP contribution in [0.4, 0.5) is 0 Å². The second-order valence-corrected chi connectivity index (χ2v) is 5.86. The van der Waals surface area contributed by atoms with Gasteiger partial charge >= 0.3 is 0 Å². The fourth-order valence-electron chi connectivity index (χ4n) is 2.83. The molecule has 0 aromatic heterocycles. The molecule has 1 atom stereocenters. The molecule has 1 aliphatic heterocycles. The molecule has 0 saturated carbocycles. The van der Waals surface area contributed by atoms with Gasteiger partial charge in [-0.1, -0.05) is 37.3 Å². The fourth-order valence-corrected chi connectivity index (χ4v) is 2.83. The molecule has 4 heteroatoms. The van der Waals surface area contributed by atoms with Gasteiger partial charge in [-0.15, -0.1) is 0 Å². The summed E-state index contributed by atoms with van der Waals surface area (Å²) in [6.07, 6.45) is 1.09. The topological polar surface area (TPSA) is 35.6 Å². The van der Waals surface area contributed by atoms with Crippen LogP contribution >= 0.6 is 0 Å². The van der Waals surface area contributed by atoms with Gasteiger partial charge in [-0.25, -0.2) is 0 Å². The van der Waals surface area contributed by atoms with Crippen molar-refractivity contribution in [1.82, 2.24) is 15.1 Å². The Kier molecular flexibility index (Phi) is 6.21. The lowest BCUT2D eigenvalue weighted by atomic mass is 10.1.